The summed E-state index contributed by atoms with van der Waals surface area (Å²) in [6.07, 6.45) is 4.26. The van der Waals surface area contributed by atoms with Gasteiger partial charge >= 0.3 is 0 Å². The second-order valence-corrected chi connectivity index (χ2v) is 5.36. The van der Waals surface area contributed by atoms with Crippen LogP contribution in [0.4, 0.5) is 5.69 Å². The molecule has 0 radical (unpaired) electrons. The smallest absolute Gasteiger partial charge is 0.241 e. The Hall–Kier alpha value is -1.26. The first-order valence-electron chi connectivity index (χ1n) is 7.17. The van der Waals surface area contributed by atoms with Crippen molar-refractivity contribution < 1.29 is 9.53 Å². The van der Waals surface area contributed by atoms with Gasteiger partial charge in [0.25, 0.3) is 0 Å². The maximum Gasteiger partial charge on any atom is 0.241 e. The number of carbonyl (C=O) groups is 1. The van der Waals surface area contributed by atoms with Gasteiger partial charge in [0.2, 0.25) is 5.91 Å². The number of anilines is 1. The third-order valence-electron chi connectivity index (χ3n) is 3.38. The number of ether oxygens (including phenoxy) is 1. The standard InChI is InChI=1S/C15H21ClN2O2/c1-2-20-14-8-7-11(16)10-13(14)18-15(19)12-6-4-3-5-9-17-12/h7-8,10,12,17H,2-6,9H2,1H3,(H,18,19). The van der Waals surface area contributed by atoms with Gasteiger partial charge in [0.05, 0.1) is 18.3 Å². The summed E-state index contributed by atoms with van der Waals surface area (Å²) >= 11 is 5.99. The van der Waals surface area contributed by atoms with Crippen molar-refractivity contribution in [3.63, 3.8) is 0 Å². The van der Waals surface area contributed by atoms with Crippen molar-refractivity contribution in [2.75, 3.05) is 18.5 Å². The number of benzene rings is 1. The summed E-state index contributed by atoms with van der Waals surface area (Å²) in [5.41, 5.74) is 0.635. The molecule has 1 aromatic carbocycles. The van der Waals surface area contributed by atoms with Gasteiger partial charge in [-0.2, -0.15) is 0 Å². The Balaban J connectivity index is 2.07. The van der Waals surface area contributed by atoms with Gasteiger partial charge in [-0.25, -0.2) is 0 Å². The molecule has 5 heteroatoms. The lowest BCUT2D eigenvalue weighted by Gasteiger charge is -2.17. The normalized spacial score (nSPS) is 19.2. The van der Waals surface area contributed by atoms with Crippen molar-refractivity contribution in [2.24, 2.45) is 0 Å². The molecule has 0 spiro atoms. The van der Waals surface area contributed by atoms with Crippen LogP contribution in [-0.2, 0) is 4.79 Å². The van der Waals surface area contributed by atoms with E-state index in [0.717, 1.165) is 25.8 Å². The van der Waals surface area contributed by atoms with Crippen LogP contribution in [0.25, 0.3) is 0 Å². The van der Waals surface area contributed by atoms with Crippen LogP contribution in [0, 0.1) is 0 Å². The third-order valence-corrected chi connectivity index (χ3v) is 3.61. The van der Waals surface area contributed by atoms with Crippen molar-refractivity contribution in [3.8, 4) is 5.75 Å². The highest BCUT2D eigenvalue weighted by Gasteiger charge is 2.20. The molecule has 20 heavy (non-hydrogen) atoms. The molecule has 2 rings (SSSR count). The zero-order chi connectivity index (χ0) is 14.4. The molecule has 1 aromatic rings. The Labute approximate surface area is 124 Å². The topological polar surface area (TPSA) is 50.4 Å². The Bertz CT molecular complexity index is 457. The fourth-order valence-electron chi connectivity index (χ4n) is 2.35. The van der Waals surface area contributed by atoms with Crippen LogP contribution in [0.3, 0.4) is 0 Å². The number of rotatable bonds is 4. The average molecular weight is 297 g/mol. The fourth-order valence-corrected chi connectivity index (χ4v) is 2.53. The molecule has 1 atom stereocenters. The first-order chi connectivity index (χ1) is 9.70. The number of carbonyl (C=O) groups excluding carboxylic acids is 1. The van der Waals surface area contributed by atoms with Crippen molar-refractivity contribution in [1.29, 1.82) is 0 Å². The van der Waals surface area contributed by atoms with Crippen molar-refractivity contribution in [3.05, 3.63) is 23.2 Å². The summed E-state index contributed by atoms with van der Waals surface area (Å²) < 4.78 is 5.51. The largest absolute Gasteiger partial charge is 0.492 e. The monoisotopic (exact) mass is 296 g/mol. The Morgan fingerprint density at radius 3 is 3.10 bits per heavy atom. The number of amides is 1. The van der Waals surface area contributed by atoms with E-state index in [4.69, 9.17) is 16.3 Å². The van der Waals surface area contributed by atoms with E-state index in [9.17, 15) is 4.79 Å². The van der Waals surface area contributed by atoms with Gasteiger partial charge in [0, 0.05) is 5.02 Å². The predicted molar refractivity (Wildman–Crippen MR) is 81.5 cm³/mol. The highest BCUT2D eigenvalue weighted by atomic mass is 35.5. The first kappa shape index (κ1) is 15.1. The second-order valence-electron chi connectivity index (χ2n) is 4.92. The lowest BCUT2D eigenvalue weighted by Crippen LogP contribution is -2.39. The van der Waals surface area contributed by atoms with E-state index in [-0.39, 0.29) is 11.9 Å². The molecule has 1 fully saturated rings. The lowest BCUT2D eigenvalue weighted by atomic mass is 10.1. The average Bonchev–Trinajstić information content (AvgIpc) is 2.71. The van der Waals surface area contributed by atoms with E-state index < -0.39 is 0 Å². The van der Waals surface area contributed by atoms with E-state index in [2.05, 4.69) is 10.6 Å². The molecule has 110 valence electrons. The molecule has 0 saturated carbocycles. The summed E-state index contributed by atoms with van der Waals surface area (Å²) in [5.74, 6) is 0.633. The molecule has 1 heterocycles. The van der Waals surface area contributed by atoms with Gasteiger partial charge in [0.1, 0.15) is 5.75 Å². The van der Waals surface area contributed by atoms with Crippen LogP contribution < -0.4 is 15.4 Å². The summed E-state index contributed by atoms with van der Waals surface area (Å²) in [6.45, 7) is 3.35. The van der Waals surface area contributed by atoms with Crippen LogP contribution >= 0.6 is 11.6 Å². The quantitative estimate of drug-likeness (QED) is 0.897. The van der Waals surface area contributed by atoms with Gasteiger partial charge < -0.3 is 15.4 Å². The Kier molecular flexibility index (Phi) is 5.68. The number of hydrogen-bond acceptors (Lipinski definition) is 3. The van der Waals surface area contributed by atoms with Crippen LogP contribution in [0.2, 0.25) is 5.02 Å². The van der Waals surface area contributed by atoms with Crippen LogP contribution in [0.5, 0.6) is 5.75 Å². The van der Waals surface area contributed by atoms with Crippen molar-refractivity contribution >= 4 is 23.2 Å². The molecule has 1 aliphatic rings. The molecular formula is C15H21ClN2O2. The minimum absolute atomic E-state index is 0.0184. The van der Waals surface area contributed by atoms with Crippen LogP contribution in [0.15, 0.2) is 18.2 Å². The molecule has 1 unspecified atom stereocenters. The van der Waals surface area contributed by atoms with Crippen LogP contribution in [-0.4, -0.2) is 25.1 Å². The summed E-state index contributed by atoms with van der Waals surface area (Å²) in [6, 6.07) is 5.13. The molecule has 1 amide bonds. The fraction of sp³-hybridized carbons (Fsp3) is 0.533. The summed E-state index contributed by atoms with van der Waals surface area (Å²) in [5, 5.41) is 6.79. The lowest BCUT2D eigenvalue weighted by molar-refractivity contribution is -0.118. The third kappa shape index (κ3) is 4.12. The van der Waals surface area contributed by atoms with E-state index in [1.54, 1.807) is 18.2 Å². The molecule has 0 aliphatic carbocycles. The highest BCUT2D eigenvalue weighted by Crippen LogP contribution is 2.28. The molecule has 1 saturated heterocycles. The van der Waals surface area contributed by atoms with Gasteiger partial charge in [-0.05, 0) is 44.5 Å². The summed E-state index contributed by atoms with van der Waals surface area (Å²) in [7, 11) is 0. The SMILES string of the molecule is CCOc1ccc(Cl)cc1NC(=O)C1CCCCCN1. The first-order valence-corrected chi connectivity index (χ1v) is 7.55. The number of nitrogens with one attached hydrogen (secondary N) is 2. The van der Waals surface area contributed by atoms with Gasteiger partial charge in [0.15, 0.2) is 0 Å². The van der Waals surface area contributed by atoms with E-state index in [0.29, 0.717) is 23.1 Å². The molecular weight excluding hydrogens is 276 g/mol. The van der Waals surface area contributed by atoms with Crippen molar-refractivity contribution in [1.82, 2.24) is 5.32 Å². The predicted octanol–water partition coefficient (Wildman–Crippen LogP) is 3.21. The molecule has 4 nitrogen and oxygen atoms in total. The van der Waals surface area contributed by atoms with E-state index >= 15 is 0 Å². The molecule has 0 bridgehead atoms. The Morgan fingerprint density at radius 2 is 2.30 bits per heavy atom. The van der Waals surface area contributed by atoms with Gasteiger partial charge in [-0.3, -0.25) is 4.79 Å². The minimum Gasteiger partial charge on any atom is -0.492 e. The maximum atomic E-state index is 12.3. The zero-order valence-electron chi connectivity index (χ0n) is 11.7. The highest BCUT2D eigenvalue weighted by molar-refractivity contribution is 6.31. The van der Waals surface area contributed by atoms with Gasteiger partial charge in [-0.15, -0.1) is 0 Å². The van der Waals surface area contributed by atoms with E-state index in [1.165, 1.54) is 6.42 Å². The maximum absolute atomic E-state index is 12.3. The molecule has 0 aromatic heterocycles. The number of halogens is 1. The van der Waals surface area contributed by atoms with E-state index in [1.807, 2.05) is 6.92 Å². The van der Waals surface area contributed by atoms with Crippen molar-refractivity contribution in [2.45, 2.75) is 38.6 Å². The zero-order valence-corrected chi connectivity index (χ0v) is 12.5. The van der Waals surface area contributed by atoms with Crippen LogP contribution in [0.1, 0.15) is 32.6 Å². The molecule has 1 aliphatic heterocycles. The number of hydrogen-bond donors (Lipinski definition) is 2. The second kappa shape index (κ2) is 7.50. The van der Waals surface area contributed by atoms with Gasteiger partial charge in [-0.1, -0.05) is 24.4 Å². The minimum atomic E-state index is -0.133. The summed E-state index contributed by atoms with van der Waals surface area (Å²) in [4.78, 5) is 12.3. The molecule has 2 N–H and O–H groups in total. The Morgan fingerprint density at radius 1 is 1.45 bits per heavy atom.